The molecule has 6 aliphatic heterocycles. The lowest BCUT2D eigenvalue weighted by atomic mass is 9.88. The van der Waals surface area contributed by atoms with Gasteiger partial charge in [-0.2, -0.15) is 0 Å². The molecule has 0 saturated carbocycles. The van der Waals surface area contributed by atoms with Gasteiger partial charge in [-0.3, -0.25) is 14.4 Å². The summed E-state index contributed by atoms with van der Waals surface area (Å²) in [6.07, 6.45) is -23.4. The fourth-order valence-corrected chi connectivity index (χ4v) is 17.9. The van der Waals surface area contributed by atoms with Crippen molar-refractivity contribution in [3.05, 3.63) is 12.2 Å². The monoisotopic (exact) mass is 1910 g/mol. The molecule has 25 N–H and O–H groups in total. The highest BCUT2D eigenvalue weighted by atomic mass is 16.8. The Morgan fingerprint density at radius 1 is 0.394 bits per heavy atom. The molecule has 0 aromatic rings. The van der Waals surface area contributed by atoms with Crippen LogP contribution in [0.1, 0.15) is 272 Å². The number of aliphatic hydroxyl groups excluding tert-OH is 20. The first kappa shape index (κ1) is 117. The van der Waals surface area contributed by atoms with Crippen molar-refractivity contribution >= 4 is 29.7 Å². The lowest BCUT2D eigenvalue weighted by Gasteiger charge is -2.53. The lowest BCUT2D eigenvalue weighted by Crippen LogP contribution is -2.72. The number of hydrogen-bond donors (Lipinski definition) is 25. The van der Waals surface area contributed by atoms with Gasteiger partial charge in [0, 0.05) is 33.1 Å². The van der Waals surface area contributed by atoms with E-state index in [1.54, 1.807) is 6.08 Å². The molecule has 6 heterocycles. The Hall–Kier alpha value is -4.19. The molecule has 6 rings (SSSR count). The van der Waals surface area contributed by atoms with Gasteiger partial charge in [-0.25, -0.2) is 9.59 Å². The second-order valence-electron chi connectivity index (χ2n) is 36.3. The van der Waals surface area contributed by atoms with E-state index in [9.17, 15) is 136 Å². The molecular formula is C90H161N3O39. The molecular weight excluding hydrogens is 1750 g/mol. The molecule has 0 radical (unpaired) electrons. The van der Waals surface area contributed by atoms with Gasteiger partial charge in [0.2, 0.25) is 17.7 Å². The molecule has 34 atom stereocenters. The van der Waals surface area contributed by atoms with E-state index in [0.29, 0.717) is 12.8 Å². The Labute approximate surface area is 773 Å². The van der Waals surface area contributed by atoms with Crippen LogP contribution in [0.2, 0.25) is 0 Å². The van der Waals surface area contributed by atoms with Crippen molar-refractivity contribution in [2.45, 2.75) is 479 Å². The van der Waals surface area contributed by atoms with E-state index in [0.717, 1.165) is 78.1 Å². The smallest absolute Gasteiger partial charge is 0.364 e. The molecule has 0 spiro atoms. The lowest BCUT2D eigenvalue weighted by molar-refractivity contribution is -0.405. The van der Waals surface area contributed by atoms with Gasteiger partial charge in [-0.15, -0.1) is 0 Å². The highest BCUT2D eigenvalue weighted by molar-refractivity contribution is 5.77. The first-order valence-corrected chi connectivity index (χ1v) is 48.2. The van der Waals surface area contributed by atoms with E-state index in [4.69, 9.17) is 56.8 Å². The molecule has 42 nitrogen and oxygen atoms in total. The van der Waals surface area contributed by atoms with E-state index in [1.807, 2.05) is 0 Å². The van der Waals surface area contributed by atoms with Gasteiger partial charge in [0.1, 0.15) is 140 Å². The number of ether oxygens (including phenoxy) is 12. The van der Waals surface area contributed by atoms with E-state index in [1.165, 1.54) is 154 Å². The van der Waals surface area contributed by atoms with Gasteiger partial charge in [-0.05, 0) is 19.3 Å². The summed E-state index contributed by atoms with van der Waals surface area (Å²) in [5.74, 6) is -13.6. The normalized spacial score (nSPS) is 34.3. The molecule has 6 fully saturated rings. The van der Waals surface area contributed by atoms with Crippen LogP contribution < -0.4 is 16.0 Å². The van der Waals surface area contributed by atoms with Crippen LogP contribution in [0.4, 0.5) is 0 Å². The minimum atomic E-state index is -3.49. The van der Waals surface area contributed by atoms with E-state index in [2.05, 4.69) is 29.8 Å². The molecule has 132 heavy (non-hydrogen) atoms. The SMILES string of the molecule is CCCCCCCCCCCCC/C=C/[C@@H](O)[C@H](CO[C@@H]1OC(CO)[C@@H](O[C@@H]2OC(CO)[C@H](O[C@@H]3OC(CO)[C@H](O)[C@H](O[C@@H]4OC(CO)[C@H](O)[C@H](O[C@]5(C(=O)O)CC(O)[C@@H](O)C([C@H](O)[C@H](O)CO)O5)C4O)C3NC(C)=O)[C@H](O[C@]3(C(=O)O)CC(O)[C@@H](NC(C)=O)C([C@H](O)[C@H](O)CO)O3)C2O)[C@H](O)C1O)NC(=O)CCCCCCCCCCCCCCCCCCCCCCCCC. The van der Waals surface area contributed by atoms with Crippen molar-refractivity contribution in [1.29, 1.82) is 0 Å². The zero-order valence-electron chi connectivity index (χ0n) is 77.2. The molecule has 12 unspecified atom stereocenters. The van der Waals surface area contributed by atoms with Crippen molar-refractivity contribution < 1.29 is 193 Å². The quantitative estimate of drug-likeness (QED) is 0.0259. The molecule has 770 valence electrons. The first-order chi connectivity index (χ1) is 63.2. The standard InChI is InChI=1S/C90H161N3O39/c1-5-7-9-11-13-15-17-19-20-21-22-23-24-25-26-27-28-30-32-34-36-38-40-42-64(107)93-54(55(102)41-39-37-35-33-31-29-18-16-14-12-10-8-6-2)51-121-84-73(114)72(113)76(62(49-98)124-84)126-86-75(116)82(132-89(87(117)118)43-56(103)65(91-52(3)100)79(129-89)68(109)58(105)45-94)77(63(50-99)125-86)127-83-66(92-53(4)101)78(70(111)60(47-96)122-83)128-85-74(115)81(71(112)61(48-97)123-85)131-90(88(119)120)44-57(104)67(108)80(130-90)69(110)59(106)46-95/h39,41,54-63,65-86,94-99,102-106,108-116H,5-38,40,42-51H2,1-4H3,(H,91,100)(H,92,101)(H,93,107)(H,117,118)(H,119,120)/b41-39+/t54-,55+,56?,57?,58+,59+,60?,61?,62?,63?,65+,66?,67+,68+,69+,70-,71-,72+,73?,74?,75?,76+,77-,78+,79?,80?,81-,82+,83-,84+,85-,86-,89-,90-/m0/s1. The van der Waals surface area contributed by atoms with Gasteiger partial charge in [0.05, 0.1) is 76.6 Å². The summed E-state index contributed by atoms with van der Waals surface area (Å²) < 4.78 is 72.0. The molecule has 0 aliphatic carbocycles. The minimum absolute atomic E-state index is 0.0984. The summed E-state index contributed by atoms with van der Waals surface area (Å²) >= 11 is 0. The Balaban J connectivity index is 1.23. The zero-order chi connectivity index (χ0) is 97.2. The third-order valence-electron chi connectivity index (χ3n) is 25.7. The molecule has 0 aromatic heterocycles. The van der Waals surface area contributed by atoms with Crippen LogP contribution in [-0.4, -0.2) is 396 Å². The maximum atomic E-state index is 14.0. The van der Waals surface area contributed by atoms with Crippen LogP contribution in [0, 0.1) is 0 Å². The number of amides is 3. The predicted molar refractivity (Wildman–Crippen MR) is 465 cm³/mol. The predicted octanol–water partition coefficient (Wildman–Crippen LogP) is -0.892. The molecule has 42 heteroatoms. The molecule has 0 aromatic carbocycles. The van der Waals surface area contributed by atoms with Crippen molar-refractivity contribution in [2.75, 3.05) is 46.2 Å². The highest BCUT2D eigenvalue weighted by Crippen LogP contribution is 2.43. The number of carboxylic acid groups (broad SMARTS) is 2. The molecule has 3 amide bonds. The van der Waals surface area contributed by atoms with Crippen molar-refractivity contribution in [2.24, 2.45) is 0 Å². The van der Waals surface area contributed by atoms with Gasteiger partial charge in [0.15, 0.2) is 25.2 Å². The largest absolute Gasteiger partial charge is 0.477 e. The van der Waals surface area contributed by atoms with E-state index >= 15 is 0 Å². The van der Waals surface area contributed by atoms with Gasteiger partial charge in [0.25, 0.3) is 11.6 Å². The highest BCUT2D eigenvalue weighted by Gasteiger charge is 2.64. The summed E-state index contributed by atoms with van der Waals surface area (Å²) in [5, 5.41) is 254. The summed E-state index contributed by atoms with van der Waals surface area (Å²) in [4.78, 5) is 67.1. The molecule has 0 bridgehead atoms. The summed E-state index contributed by atoms with van der Waals surface area (Å²) in [6, 6.07) is -5.18. The molecule has 6 saturated heterocycles. The second-order valence-corrected chi connectivity index (χ2v) is 36.3. The number of carbonyl (C=O) groups excluding carboxylic acids is 3. The Bertz CT molecular complexity index is 3220. The van der Waals surface area contributed by atoms with Crippen molar-refractivity contribution in [1.82, 2.24) is 16.0 Å². The van der Waals surface area contributed by atoms with Crippen LogP contribution in [0.15, 0.2) is 12.2 Å². The summed E-state index contributed by atoms with van der Waals surface area (Å²) in [7, 11) is 0. The Morgan fingerprint density at radius 2 is 0.765 bits per heavy atom. The Kier molecular flexibility index (Phi) is 54.2. The number of carbonyl (C=O) groups is 5. The summed E-state index contributed by atoms with van der Waals surface area (Å²) in [5.41, 5.74) is 0. The fourth-order valence-electron chi connectivity index (χ4n) is 17.9. The third-order valence-corrected chi connectivity index (χ3v) is 25.7. The average molecular weight is 1910 g/mol. The number of carboxylic acids is 2. The average Bonchev–Trinajstić information content (AvgIpc) is 1.50. The third kappa shape index (κ3) is 35.5. The minimum Gasteiger partial charge on any atom is -0.477 e. The topological polar surface area (TPSA) is 677 Å². The van der Waals surface area contributed by atoms with Crippen LogP contribution in [-0.2, 0) is 80.8 Å². The van der Waals surface area contributed by atoms with Crippen LogP contribution in [0.5, 0.6) is 0 Å². The molecule has 6 aliphatic rings. The number of aliphatic hydroxyl groups is 20. The Morgan fingerprint density at radius 3 is 1.22 bits per heavy atom. The number of aliphatic carboxylic acids is 2. The van der Waals surface area contributed by atoms with Crippen LogP contribution in [0.3, 0.4) is 0 Å². The second kappa shape index (κ2) is 61.4. The maximum Gasteiger partial charge on any atom is 0.364 e. The summed E-state index contributed by atoms with van der Waals surface area (Å²) in [6.45, 7) is -1.72. The number of nitrogens with one attached hydrogen (secondary N) is 3. The van der Waals surface area contributed by atoms with E-state index in [-0.39, 0.29) is 6.42 Å². The zero-order valence-corrected chi connectivity index (χ0v) is 77.2. The number of unbranched alkanes of at least 4 members (excludes halogenated alkanes) is 33. The van der Waals surface area contributed by atoms with Gasteiger partial charge < -0.3 is 185 Å². The first-order valence-electron chi connectivity index (χ1n) is 48.2. The van der Waals surface area contributed by atoms with Gasteiger partial charge in [-0.1, -0.05) is 231 Å². The number of hydrogen-bond acceptors (Lipinski definition) is 37. The van der Waals surface area contributed by atoms with E-state index < -0.39 is 296 Å². The van der Waals surface area contributed by atoms with Crippen molar-refractivity contribution in [3.63, 3.8) is 0 Å². The van der Waals surface area contributed by atoms with Crippen LogP contribution in [0.25, 0.3) is 0 Å². The fraction of sp³-hybridized carbons (Fsp3) is 0.922. The van der Waals surface area contributed by atoms with Crippen molar-refractivity contribution in [3.8, 4) is 0 Å². The number of rotatable bonds is 66. The number of allylic oxidation sites excluding steroid dienone is 1. The maximum absolute atomic E-state index is 14.0. The van der Waals surface area contributed by atoms with Gasteiger partial charge >= 0.3 is 11.9 Å². The van der Waals surface area contributed by atoms with Crippen LogP contribution >= 0.6 is 0 Å².